The zero-order valence-corrected chi connectivity index (χ0v) is 10.8. The van der Waals surface area contributed by atoms with Gasteiger partial charge in [0.1, 0.15) is 11.4 Å². The third-order valence-electron chi connectivity index (χ3n) is 2.91. The number of hydrogen-bond donors (Lipinski definition) is 3. The van der Waals surface area contributed by atoms with Crippen molar-refractivity contribution in [1.82, 2.24) is 4.98 Å². The molecule has 0 aliphatic rings. The summed E-state index contributed by atoms with van der Waals surface area (Å²) < 4.78 is 0. The molecule has 0 atom stereocenters. The predicted octanol–water partition coefficient (Wildman–Crippen LogP) is 2.72. The van der Waals surface area contributed by atoms with Gasteiger partial charge in [-0.05, 0) is 43.2 Å². The minimum Gasteiger partial charge on any atom is -0.478 e. The largest absolute Gasteiger partial charge is 0.478 e. The van der Waals surface area contributed by atoms with E-state index in [9.17, 15) is 4.79 Å². The third-order valence-corrected chi connectivity index (χ3v) is 2.91. The Hall–Kier alpha value is -2.56. The number of pyridine rings is 1. The van der Waals surface area contributed by atoms with Gasteiger partial charge in [-0.3, -0.25) is 0 Å². The van der Waals surface area contributed by atoms with Gasteiger partial charge in [-0.1, -0.05) is 6.07 Å². The fraction of sp³-hybridized carbons (Fsp3) is 0.143. The maximum absolute atomic E-state index is 11.1. The second-order valence-electron chi connectivity index (χ2n) is 4.39. The number of aryl methyl sites for hydroxylation is 2. The van der Waals surface area contributed by atoms with Crippen molar-refractivity contribution in [3.05, 3.63) is 47.2 Å². The minimum absolute atomic E-state index is 0.0539. The van der Waals surface area contributed by atoms with Crippen molar-refractivity contribution >= 4 is 23.2 Å². The number of nitrogens with one attached hydrogen (secondary N) is 1. The van der Waals surface area contributed by atoms with Crippen LogP contribution in [0.15, 0.2) is 30.5 Å². The Bertz CT molecular complexity index is 639. The number of rotatable bonds is 3. The van der Waals surface area contributed by atoms with Gasteiger partial charge in [0.25, 0.3) is 0 Å². The summed E-state index contributed by atoms with van der Waals surface area (Å²) in [5.74, 6) is -0.781. The molecule has 1 heterocycles. The van der Waals surface area contributed by atoms with Crippen molar-refractivity contribution < 1.29 is 9.90 Å². The maximum atomic E-state index is 11.1. The van der Waals surface area contributed by atoms with Gasteiger partial charge in [0.05, 0.1) is 11.9 Å². The molecule has 2 rings (SSSR count). The van der Waals surface area contributed by atoms with Crippen LogP contribution in [0.2, 0.25) is 0 Å². The maximum Gasteiger partial charge on any atom is 0.339 e. The number of carboxylic acid groups (broad SMARTS) is 1. The van der Waals surface area contributed by atoms with Gasteiger partial charge in [-0.15, -0.1) is 0 Å². The average molecular weight is 257 g/mol. The minimum atomic E-state index is -1.06. The monoisotopic (exact) mass is 257 g/mol. The lowest BCUT2D eigenvalue weighted by molar-refractivity contribution is 0.0697. The van der Waals surface area contributed by atoms with Crippen LogP contribution in [-0.2, 0) is 0 Å². The van der Waals surface area contributed by atoms with Gasteiger partial charge in [-0.25, -0.2) is 9.78 Å². The van der Waals surface area contributed by atoms with Gasteiger partial charge < -0.3 is 16.2 Å². The molecule has 2 aromatic rings. The van der Waals surface area contributed by atoms with Crippen molar-refractivity contribution in [1.29, 1.82) is 0 Å². The number of hydrogen-bond acceptors (Lipinski definition) is 4. The van der Waals surface area contributed by atoms with Crippen LogP contribution in [0.25, 0.3) is 0 Å². The number of nitrogen functional groups attached to an aromatic ring is 1. The van der Waals surface area contributed by atoms with Crippen molar-refractivity contribution in [2.24, 2.45) is 0 Å². The van der Waals surface area contributed by atoms with E-state index in [4.69, 9.17) is 10.8 Å². The first kappa shape index (κ1) is 12.9. The molecule has 0 unspecified atom stereocenters. The lowest BCUT2D eigenvalue weighted by Crippen LogP contribution is -2.06. The van der Waals surface area contributed by atoms with E-state index >= 15 is 0 Å². The van der Waals surface area contributed by atoms with Gasteiger partial charge >= 0.3 is 5.97 Å². The smallest absolute Gasteiger partial charge is 0.339 e. The van der Waals surface area contributed by atoms with E-state index in [2.05, 4.69) is 10.3 Å². The van der Waals surface area contributed by atoms with Crippen LogP contribution in [0.4, 0.5) is 17.2 Å². The molecule has 1 aromatic heterocycles. The Morgan fingerprint density at radius 3 is 2.63 bits per heavy atom. The highest BCUT2D eigenvalue weighted by atomic mass is 16.4. The molecule has 5 heteroatoms. The van der Waals surface area contributed by atoms with Crippen molar-refractivity contribution in [3.8, 4) is 0 Å². The zero-order valence-electron chi connectivity index (χ0n) is 10.8. The fourth-order valence-corrected chi connectivity index (χ4v) is 1.70. The molecule has 0 aliphatic heterocycles. The Morgan fingerprint density at radius 2 is 2.00 bits per heavy atom. The number of aromatic carboxylic acids is 1. The van der Waals surface area contributed by atoms with Crippen molar-refractivity contribution in [3.63, 3.8) is 0 Å². The van der Waals surface area contributed by atoms with Gasteiger partial charge in [0.15, 0.2) is 0 Å². The summed E-state index contributed by atoms with van der Waals surface area (Å²) in [7, 11) is 0. The topological polar surface area (TPSA) is 88.2 Å². The Morgan fingerprint density at radius 1 is 1.26 bits per heavy atom. The molecule has 0 amide bonds. The van der Waals surface area contributed by atoms with Crippen LogP contribution in [0.1, 0.15) is 21.5 Å². The number of anilines is 3. The first-order valence-corrected chi connectivity index (χ1v) is 5.80. The Labute approximate surface area is 111 Å². The standard InChI is InChI=1S/C14H15N3O2/c1-8-3-4-11(5-9(8)2)17-13-12(14(18)19)6-10(15)7-16-13/h3-7H,15H2,1-2H3,(H,16,17)(H,18,19). The normalized spacial score (nSPS) is 10.2. The van der Waals surface area contributed by atoms with E-state index in [1.807, 2.05) is 32.0 Å². The third kappa shape index (κ3) is 2.82. The van der Waals surface area contributed by atoms with E-state index < -0.39 is 5.97 Å². The molecule has 0 saturated carbocycles. The molecular formula is C14H15N3O2. The van der Waals surface area contributed by atoms with Crippen LogP contribution < -0.4 is 11.1 Å². The average Bonchev–Trinajstić information content (AvgIpc) is 2.36. The molecule has 1 aromatic carbocycles. The molecule has 0 spiro atoms. The molecule has 19 heavy (non-hydrogen) atoms. The van der Waals surface area contributed by atoms with E-state index in [0.29, 0.717) is 5.69 Å². The van der Waals surface area contributed by atoms with E-state index in [1.54, 1.807) is 0 Å². The Balaban J connectivity index is 2.37. The molecule has 0 bridgehead atoms. The van der Waals surface area contributed by atoms with Crippen molar-refractivity contribution in [2.75, 3.05) is 11.1 Å². The van der Waals surface area contributed by atoms with E-state index in [1.165, 1.54) is 17.8 Å². The van der Waals surface area contributed by atoms with E-state index in [0.717, 1.165) is 11.3 Å². The number of benzene rings is 1. The molecule has 4 N–H and O–H groups in total. The summed E-state index contributed by atoms with van der Waals surface area (Å²) in [4.78, 5) is 15.2. The summed E-state index contributed by atoms with van der Waals surface area (Å²) in [5, 5.41) is 12.1. The predicted molar refractivity (Wildman–Crippen MR) is 74.8 cm³/mol. The number of carboxylic acids is 1. The summed E-state index contributed by atoms with van der Waals surface area (Å²) in [6.07, 6.45) is 1.43. The number of nitrogens with two attached hydrogens (primary N) is 1. The molecule has 0 fully saturated rings. The second-order valence-corrected chi connectivity index (χ2v) is 4.39. The first-order chi connectivity index (χ1) is 8.97. The quantitative estimate of drug-likeness (QED) is 0.786. The summed E-state index contributed by atoms with van der Waals surface area (Å²) in [6, 6.07) is 7.18. The van der Waals surface area contributed by atoms with Crippen molar-refractivity contribution in [2.45, 2.75) is 13.8 Å². The SMILES string of the molecule is Cc1ccc(Nc2ncc(N)cc2C(=O)O)cc1C. The van der Waals surface area contributed by atoms with Crippen LogP contribution in [-0.4, -0.2) is 16.1 Å². The number of carbonyl (C=O) groups is 1. The molecular weight excluding hydrogens is 242 g/mol. The molecule has 0 radical (unpaired) electrons. The van der Waals surface area contributed by atoms with Gasteiger partial charge in [0, 0.05) is 5.69 Å². The van der Waals surface area contributed by atoms with Crippen LogP contribution in [0.5, 0.6) is 0 Å². The number of aromatic nitrogens is 1. The molecule has 0 aliphatic carbocycles. The summed E-state index contributed by atoms with van der Waals surface area (Å²) in [5.41, 5.74) is 9.02. The molecule has 0 saturated heterocycles. The highest BCUT2D eigenvalue weighted by Gasteiger charge is 2.12. The molecule has 5 nitrogen and oxygen atoms in total. The Kier molecular flexibility index (Phi) is 3.37. The van der Waals surface area contributed by atoms with E-state index in [-0.39, 0.29) is 11.4 Å². The molecule has 98 valence electrons. The van der Waals surface area contributed by atoms with Gasteiger partial charge in [0.2, 0.25) is 0 Å². The van der Waals surface area contributed by atoms with Crippen LogP contribution in [0, 0.1) is 13.8 Å². The van der Waals surface area contributed by atoms with Crippen LogP contribution >= 0.6 is 0 Å². The lowest BCUT2D eigenvalue weighted by atomic mass is 10.1. The highest BCUT2D eigenvalue weighted by Crippen LogP contribution is 2.22. The summed E-state index contributed by atoms with van der Waals surface area (Å²) in [6.45, 7) is 4.01. The second kappa shape index (κ2) is 4.97. The first-order valence-electron chi connectivity index (χ1n) is 5.80. The summed E-state index contributed by atoms with van der Waals surface area (Å²) >= 11 is 0. The fourth-order valence-electron chi connectivity index (χ4n) is 1.70. The zero-order chi connectivity index (χ0) is 14.0. The lowest BCUT2D eigenvalue weighted by Gasteiger charge is -2.10. The van der Waals surface area contributed by atoms with Gasteiger partial charge in [-0.2, -0.15) is 0 Å². The highest BCUT2D eigenvalue weighted by molar-refractivity contribution is 5.94. The number of nitrogens with zero attached hydrogens (tertiary/aromatic N) is 1. The van der Waals surface area contributed by atoms with Crippen LogP contribution in [0.3, 0.4) is 0 Å².